The average molecular weight is 272 g/mol. The van der Waals surface area contributed by atoms with Crippen molar-refractivity contribution in [3.63, 3.8) is 0 Å². The van der Waals surface area contributed by atoms with Gasteiger partial charge in [-0.1, -0.05) is 0 Å². The molecule has 0 aromatic heterocycles. The van der Waals surface area contributed by atoms with E-state index in [0.717, 1.165) is 13.2 Å². The molecule has 1 aromatic rings. The number of hydrogen-bond donors (Lipinski definition) is 5. The van der Waals surface area contributed by atoms with Gasteiger partial charge in [-0.3, -0.25) is 0 Å². The van der Waals surface area contributed by atoms with Crippen LogP contribution in [0.1, 0.15) is 22.8 Å². The van der Waals surface area contributed by atoms with E-state index in [1.807, 2.05) is 0 Å². The fraction of sp³-hybridized carbons (Fsp3) is 0.417. The Kier molecular flexibility index (Phi) is 4.57. The highest BCUT2D eigenvalue weighted by atomic mass is 16.5. The van der Waals surface area contributed by atoms with Crippen molar-refractivity contribution in [3.8, 4) is 17.2 Å². The smallest absolute Gasteiger partial charge is 0.338 e. The Hall–Kier alpha value is -1.99. The Morgan fingerprint density at radius 2 is 1.84 bits per heavy atom. The molecule has 0 aliphatic heterocycles. The minimum atomic E-state index is -1.25. The summed E-state index contributed by atoms with van der Waals surface area (Å²) >= 11 is 0. The Bertz CT molecular complexity index is 481. The first kappa shape index (κ1) is 15.1. The standard InChI is InChI=1S/C12H16O7/c1-5(13)8(14)3-6-7(12(18)19-2)4-9(15)11(17)10(6)16/h4-5,8,13-17H,3H2,1-2H3. The predicted molar refractivity (Wildman–Crippen MR) is 64.2 cm³/mol. The molecular weight excluding hydrogens is 256 g/mol. The Labute approximate surface area is 109 Å². The normalized spacial score (nSPS) is 13.9. The van der Waals surface area contributed by atoms with E-state index in [2.05, 4.69) is 4.74 Å². The SMILES string of the molecule is COC(=O)c1cc(O)c(O)c(O)c1CC(O)C(C)O. The lowest BCUT2D eigenvalue weighted by Crippen LogP contribution is -2.25. The maximum absolute atomic E-state index is 11.5. The van der Waals surface area contributed by atoms with Crippen LogP contribution in [0.5, 0.6) is 17.2 Å². The van der Waals surface area contributed by atoms with Gasteiger partial charge in [0.2, 0.25) is 5.75 Å². The molecule has 0 aliphatic rings. The third-order valence-electron chi connectivity index (χ3n) is 2.73. The van der Waals surface area contributed by atoms with Gasteiger partial charge in [0.15, 0.2) is 11.5 Å². The van der Waals surface area contributed by atoms with Crippen LogP contribution in [0.2, 0.25) is 0 Å². The molecule has 0 heterocycles. The summed E-state index contributed by atoms with van der Waals surface area (Å²) in [5, 5.41) is 47.3. The van der Waals surface area contributed by atoms with Gasteiger partial charge in [-0.25, -0.2) is 4.79 Å². The number of benzene rings is 1. The van der Waals surface area contributed by atoms with Crippen molar-refractivity contribution in [3.05, 3.63) is 17.2 Å². The molecule has 0 aliphatic carbocycles. The molecule has 0 amide bonds. The lowest BCUT2D eigenvalue weighted by molar-refractivity contribution is 0.0311. The maximum Gasteiger partial charge on any atom is 0.338 e. The molecule has 0 saturated carbocycles. The lowest BCUT2D eigenvalue weighted by atomic mass is 9.97. The van der Waals surface area contributed by atoms with Crippen LogP contribution < -0.4 is 0 Å². The highest BCUT2D eigenvalue weighted by Crippen LogP contribution is 2.40. The zero-order valence-electron chi connectivity index (χ0n) is 10.5. The van der Waals surface area contributed by atoms with Crippen molar-refractivity contribution >= 4 is 5.97 Å². The largest absolute Gasteiger partial charge is 0.504 e. The van der Waals surface area contributed by atoms with Gasteiger partial charge in [-0.05, 0) is 13.0 Å². The quantitative estimate of drug-likeness (QED) is 0.381. The second-order valence-electron chi connectivity index (χ2n) is 4.12. The van der Waals surface area contributed by atoms with Gasteiger partial charge < -0.3 is 30.3 Å². The molecule has 2 atom stereocenters. The number of phenolic OH excluding ortho intramolecular Hbond substituents is 3. The van der Waals surface area contributed by atoms with E-state index < -0.39 is 35.4 Å². The molecule has 0 spiro atoms. The number of phenols is 3. The van der Waals surface area contributed by atoms with Crippen LogP contribution in [0.3, 0.4) is 0 Å². The van der Waals surface area contributed by atoms with Gasteiger partial charge in [0.25, 0.3) is 0 Å². The van der Waals surface area contributed by atoms with E-state index in [1.165, 1.54) is 6.92 Å². The summed E-state index contributed by atoms with van der Waals surface area (Å²) in [6.45, 7) is 1.33. The van der Waals surface area contributed by atoms with E-state index in [-0.39, 0.29) is 17.5 Å². The summed E-state index contributed by atoms with van der Waals surface area (Å²) in [5.41, 5.74) is -0.314. The van der Waals surface area contributed by atoms with Gasteiger partial charge in [0.05, 0.1) is 24.9 Å². The van der Waals surface area contributed by atoms with E-state index >= 15 is 0 Å². The molecule has 0 saturated heterocycles. The molecule has 0 fully saturated rings. The number of esters is 1. The van der Waals surface area contributed by atoms with E-state index in [1.54, 1.807) is 0 Å². The summed E-state index contributed by atoms with van der Waals surface area (Å²) in [6.07, 6.45) is -2.64. The summed E-state index contributed by atoms with van der Waals surface area (Å²) in [7, 11) is 1.11. The number of rotatable bonds is 4. The molecular formula is C12H16O7. The third kappa shape index (κ3) is 3.07. The third-order valence-corrected chi connectivity index (χ3v) is 2.73. The predicted octanol–water partition coefficient (Wildman–Crippen LogP) is -0.126. The summed E-state index contributed by atoms with van der Waals surface area (Å²) in [6, 6.07) is 0.922. The van der Waals surface area contributed by atoms with Crippen LogP contribution in [0.4, 0.5) is 0 Å². The number of ether oxygens (including phenoxy) is 1. The molecule has 2 unspecified atom stereocenters. The second-order valence-corrected chi connectivity index (χ2v) is 4.12. The molecule has 1 rings (SSSR count). The Morgan fingerprint density at radius 3 is 2.32 bits per heavy atom. The summed E-state index contributed by atoms with van der Waals surface area (Å²) < 4.78 is 4.48. The van der Waals surface area contributed by atoms with Crippen molar-refractivity contribution in [2.45, 2.75) is 25.6 Å². The van der Waals surface area contributed by atoms with E-state index in [0.29, 0.717) is 0 Å². The zero-order chi connectivity index (χ0) is 14.7. The number of aromatic hydroxyl groups is 3. The van der Waals surface area contributed by atoms with Crippen LogP contribution in [0.25, 0.3) is 0 Å². The van der Waals surface area contributed by atoms with Crippen LogP contribution in [0, 0.1) is 0 Å². The van der Waals surface area contributed by atoms with E-state index in [9.17, 15) is 30.3 Å². The van der Waals surface area contributed by atoms with Crippen molar-refractivity contribution in [1.29, 1.82) is 0 Å². The van der Waals surface area contributed by atoms with Crippen LogP contribution in [0.15, 0.2) is 6.07 Å². The van der Waals surface area contributed by atoms with Crippen LogP contribution in [-0.2, 0) is 11.2 Å². The minimum absolute atomic E-state index is 0.115. The molecule has 1 aromatic carbocycles. The van der Waals surface area contributed by atoms with Crippen LogP contribution in [-0.4, -0.2) is 50.8 Å². The molecule has 19 heavy (non-hydrogen) atoms. The Balaban J connectivity index is 3.33. The molecule has 106 valence electrons. The zero-order valence-corrected chi connectivity index (χ0v) is 10.5. The first-order valence-corrected chi connectivity index (χ1v) is 5.50. The highest BCUT2D eigenvalue weighted by molar-refractivity contribution is 5.93. The second kappa shape index (κ2) is 5.77. The van der Waals surface area contributed by atoms with Gasteiger partial charge in [-0.2, -0.15) is 0 Å². The summed E-state index contributed by atoms with van der Waals surface area (Å²) in [5.74, 6) is -3.08. The van der Waals surface area contributed by atoms with Crippen LogP contribution >= 0.6 is 0 Å². The van der Waals surface area contributed by atoms with Crippen molar-refractivity contribution in [1.82, 2.24) is 0 Å². The number of aliphatic hydroxyl groups excluding tert-OH is 2. The van der Waals surface area contributed by atoms with Crippen molar-refractivity contribution in [2.75, 3.05) is 7.11 Å². The number of carbonyl (C=O) groups excluding carboxylic acids is 1. The highest BCUT2D eigenvalue weighted by Gasteiger charge is 2.25. The number of methoxy groups -OCH3 is 1. The lowest BCUT2D eigenvalue weighted by Gasteiger charge is -2.17. The summed E-state index contributed by atoms with van der Waals surface area (Å²) in [4.78, 5) is 11.5. The van der Waals surface area contributed by atoms with Gasteiger partial charge in [0, 0.05) is 12.0 Å². The fourth-order valence-electron chi connectivity index (χ4n) is 1.56. The monoisotopic (exact) mass is 272 g/mol. The number of hydrogen-bond acceptors (Lipinski definition) is 7. The first-order chi connectivity index (χ1) is 8.79. The molecule has 7 nitrogen and oxygen atoms in total. The Morgan fingerprint density at radius 1 is 1.26 bits per heavy atom. The van der Waals surface area contributed by atoms with Gasteiger partial charge >= 0.3 is 5.97 Å². The van der Waals surface area contributed by atoms with Crippen molar-refractivity contribution in [2.24, 2.45) is 0 Å². The minimum Gasteiger partial charge on any atom is -0.504 e. The fourth-order valence-corrected chi connectivity index (χ4v) is 1.56. The average Bonchev–Trinajstić information content (AvgIpc) is 2.37. The van der Waals surface area contributed by atoms with E-state index in [4.69, 9.17) is 0 Å². The molecule has 5 N–H and O–H groups in total. The maximum atomic E-state index is 11.5. The topological polar surface area (TPSA) is 127 Å². The molecule has 7 heteroatoms. The number of aliphatic hydroxyl groups is 2. The first-order valence-electron chi connectivity index (χ1n) is 5.50. The van der Waals surface area contributed by atoms with Gasteiger partial charge in [0.1, 0.15) is 0 Å². The van der Waals surface area contributed by atoms with Gasteiger partial charge in [-0.15, -0.1) is 0 Å². The van der Waals surface area contributed by atoms with Crippen molar-refractivity contribution < 1.29 is 35.1 Å². The molecule has 0 radical (unpaired) electrons. The molecule has 0 bridgehead atoms. The number of carbonyl (C=O) groups is 1.